The van der Waals surface area contributed by atoms with E-state index in [9.17, 15) is 0 Å². The van der Waals surface area contributed by atoms with Crippen LogP contribution >= 0.6 is 0 Å². The number of rotatable bonds is 4. The minimum Gasteiger partial charge on any atom is -0.497 e. The Bertz CT molecular complexity index is 535. The summed E-state index contributed by atoms with van der Waals surface area (Å²) in [5, 5.41) is 0. The van der Waals surface area contributed by atoms with E-state index in [1.807, 2.05) is 12.1 Å². The third-order valence-electron chi connectivity index (χ3n) is 3.30. The molecule has 0 bridgehead atoms. The highest BCUT2D eigenvalue weighted by molar-refractivity contribution is 5.40. The van der Waals surface area contributed by atoms with E-state index in [0.717, 1.165) is 5.75 Å². The van der Waals surface area contributed by atoms with Gasteiger partial charge in [0.25, 0.3) is 0 Å². The minimum absolute atomic E-state index is 0.302. The molecule has 0 saturated carbocycles. The summed E-state index contributed by atoms with van der Waals surface area (Å²) in [7, 11) is 1.69. The maximum absolute atomic E-state index is 5.21. The zero-order valence-corrected chi connectivity index (χ0v) is 11.8. The molecule has 0 heterocycles. The number of hydrogen-bond acceptors (Lipinski definition) is 1. The topological polar surface area (TPSA) is 9.23 Å². The summed E-state index contributed by atoms with van der Waals surface area (Å²) in [6.45, 7) is 4.17. The molecule has 2 rings (SSSR count). The van der Waals surface area contributed by atoms with Crippen molar-refractivity contribution in [1.82, 2.24) is 0 Å². The van der Waals surface area contributed by atoms with Gasteiger partial charge in [0.15, 0.2) is 0 Å². The Morgan fingerprint density at radius 1 is 0.895 bits per heavy atom. The van der Waals surface area contributed by atoms with Gasteiger partial charge in [0.1, 0.15) is 5.75 Å². The molecule has 0 N–H and O–H groups in total. The maximum Gasteiger partial charge on any atom is 0.118 e. The van der Waals surface area contributed by atoms with Gasteiger partial charge in [-0.1, -0.05) is 54.1 Å². The Hall–Kier alpha value is -2.02. The maximum atomic E-state index is 5.21. The van der Waals surface area contributed by atoms with Crippen molar-refractivity contribution in [2.24, 2.45) is 0 Å². The smallest absolute Gasteiger partial charge is 0.118 e. The molecule has 2 aromatic rings. The van der Waals surface area contributed by atoms with Gasteiger partial charge in [-0.05, 0) is 37.1 Å². The monoisotopic (exact) mass is 252 g/mol. The van der Waals surface area contributed by atoms with Crippen molar-refractivity contribution in [1.29, 1.82) is 0 Å². The molecule has 0 amide bonds. The molecule has 0 aliphatic rings. The Kier molecular flexibility index (Phi) is 4.40. The first-order valence-corrected chi connectivity index (χ1v) is 6.58. The largest absolute Gasteiger partial charge is 0.497 e. The van der Waals surface area contributed by atoms with Gasteiger partial charge in [-0.15, -0.1) is 0 Å². The second-order valence-corrected chi connectivity index (χ2v) is 4.69. The van der Waals surface area contributed by atoms with Crippen LogP contribution in [-0.4, -0.2) is 7.11 Å². The van der Waals surface area contributed by atoms with Gasteiger partial charge in [-0.3, -0.25) is 0 Å². The standard InChI is InChI=1S/C18H20O/c1-4-5-18(15-8-6-14(2)7-9-15)16-10-12-17(19-3)13-11-16/h4-13,18H,1-3H3. The first-order chi connectivity index (χ1) is 9.24. The number of aryl methyl sites for hydroxylation is 1. The lowest BCUT2D eigenvalue weighted by molar-refractivity contribution is 0.414. The van der Waals surface area contributed by atoms with Crippen molar-refractivity contribution in [3.05, 3.63) is 77.4 Å². The average Bonchev–Trinajstić information content (AvgIpc) is 2.46. The fourth-order valence-corrected chi connectivity index (χ4v) is 2.19. The van der Waals surface area contributed by atoms with Gasteiger partial charge in [-0.25, -0.2) is 0 Å². The van der Waals surface area contributed by atoms with Gasteiger partial charge in [0.2, 0.25) is 0 Å². The summed E-state index contributed by atoms with van der Waals surface area (Å²) >= 11 is 0. The van der Waals surface area contributed by atoms with Crippen LogP contribution in [0.2, 0.25) is 0 Å². The lowest BCUT2D eigenvalue weighted by Gasteiger charge is -2.14. The molecule has 0 aliphatic heterocycles. The second kappa shape index (κ2) is 6.24. The molecule has 19 heavy (non-hydrogen) atoms. The van der Waals surface area contributed by atoms with E-state index in [2.05, 4.69) is 62.4 Å². The minimum atomic E-state index is 0.302. The highest BCUT2D eigenvalue weighted by atomic mass is 16.5. The van der Waals surface area contributed by atoms with Crippen LogP contribution in [0.1, 0.15) is 29.5 Å². The van der Waals surface area contributed by atoms with Crippen LogP contribution in [0.3, 0.4) is 0 Å². The van der Waals surface area contributed by atoms with E-state index in [1.165, 1.54) is 16.7 Å². The van der Waals surface area contributed by atoms with Crippen LogP contribution in [0.25, 0.3) is 0 Å². The molecule has 98 valence electrons. The summed E-state index contributed by atoms with van der Waals surface area (Å²) in [5.41, 5.74) is 3.88. The van der Waals surface area contributed by atoms with Crippen LogP contribution in [0.4, 0.5) is 0 Å². The number of hydrogen-bond donors (Lipinski definition) is 0. The second-order valence-electron chi connectivity index (χ2n) is 4.69. The first-order valence-electron chi connectivity index (χ1n) is 6.58. The van der Waals surface area contributed by atoms with Gasteiger partial charge in [0, 0.05) is 5.92 Å². The Morgan fingerprint density at radius 3 is 1.89 bits per heavy atom. The Balaban J connectivity index is 2.36. The normalized spacial score (nSPS) is 12.6. The fourth-order valence-electron chi connectivity index (χ4n) is 2.19. The van der Waals surface area contributed by atoms with E-state index in [-0.39, 0.29) is 0 Å². The molecular weight excluding hydrogens is 232 g/mol. The molecule has 1 heteroatoms. The van der Waals surface area contributed by atoms with Crippen LogP contribution in [0, 0.1) is 6.92 Å². The molecule has 0 aliphatic carbocycles. The van der Waals surface area contributed by atoms with Gasteiger partial charge in [-0.2, -0.15) is 0 Å². The van der Waals surface area contributed by atoms with E-state index in [0.29, 0.717) is 5.92 Å². The molecule has 1 atom stereocenters. The molecule has 0 aromatic heterocycles. The van der Waals surface area contributed by atoms with Gasteiger partial charge in [0.05, 0.1) is 7.11 Å². The quantitative estimate of drug-likeness (QED) is 0.716. The Labute approximate surface area is 115 Å². The van der Waals surface area contributed by atoms with Crippen LogP contribution < -0.4 is 4.74 Å². The van der Waals surface area contributed by atoms with Crippen molar-refractivity contribution in [2.75, 3.05) is 7.11 Å². The Morgan fingerprint density at radius 2 is 1.42 bits per heavy atom. The number of ether oxygens (including phenoxy) is 1. The van der Waals surface area contributed by atoms with E-state index >= 15 is 0 Å². The summed E-state index contributed by atoms with van der Waals surface area (Å²) in [4.78, 5) is 0. The fraction of sp³-hybridized carbons (Fsp3) is 0.222. The van der Waals surface area contributed by atoms with Crippen LogP contribution in [0.15, 0.2) is 60.7 Å². The molecule has 0 spiro atoms. The lowest BCUT2D eigenvalue weighted by atomic mass is 9.90. The summed E-state index contributed by atoms with van der Waals surface area (Å²) in [6.07, 6.45) is 4.33. The first kappa shape index (κ1) is 13.4. The summed E-state index contributed by atoms with van der Waals surface area (Å²) < 4.78 is 5.21. The predicted molar refractivity (Wildman–Crippen MR) is 80.8 cm³/mol. The third kappa shape index (κ3) is 3.25. The SMILES string of the molecule is CC=CC(c1ccc(C)cc1)c1ccc(OC)cc1. The number of allylic oxidation sites excluding steroid dienone is 2. The predicted octanol–water partition coefficient (Wildman–Crippen LogP) is 4.71. The van der Waals surface area contributed by atoms with Gasteiger partial charge < -0.3 is 4.74 Å². The molecule has 0 saturated heterocycles. The van der Waals surface area contributed by atoms with E-state index < -0.39 is 0 Å². The van der Waals surface area contributed by atoms with Crippen molar-refractivity contribution in [2.45, 2.75) is 19.8 Å². The van der Waals surface area contributed by atoms with Crippen LogP contribution in [0.5, 0.6) is 5.75 Å². The number of benzene rings is 2. The number of methoxy groups -OCH3 is 1. The molecule has 1 nitrogen and oxygen atoms in total. The van der Waals surface area contributed by atoms with Crippen LogP contribution in [-0.2, 0) is 0 Å². The zero-order valence-electron chi connectivity index (χ0n) is 11.8. The highest BCUT2D eigenvalue weighted by Gasteiger charge is 2.10. The van der Waals surface area contributed by atoms with Gasteiger partial charge >= 0.3 is 0 Å². The van der Waals surface area contributed by atoms with E-state index in [4.69, 9.17) is 4.74 Å². The zero-order chi connectivity index (χ0) is 13.7. The lowest BCUT2D eigenvalue weighted by Crippen LogP contribution is -1.98. The molecule has 2 aromatic carbocycles. The highest BCUT2D eigenvalue weighted by Crippen LogP contribution is 2.27. The van der Waals surface area contributed by atoms with E-state index in [1.54, 1.807) is 7.11 Å². The molecule has 0 fully saturated rings. The summed E-state index contributed by atoms with van der Waals surface area (Å²) in [5.74, 6) is 1.20. The molecular formula is C18H20O. The van der Waals surface area contributed by atoms with Crippen molar-refractivity contribution in [3.63, 3.8) is 0 Å². The molecule has 0 radical (unpaired) electrons. The van der Waals surface area contributed by atoms with Crippen molar-refractivity contribution < 1.29 is 4.74 Å². The third-order valence-corrected chi connectivity index (χ3v) is 3.30. The van der Waals surface area contributed by atoms with Crippen molar-refractivity contribution in [3.8, 4) is 5.75 Å². The average molecular weight is 252 g/mol. The summed E-state index contributed by atoms with van der Waals surface area (Å²) in [6, 6.07) is 17.0. The van der Waals surface area contributed by atoms with Crippen molar-refractivity contribution >= 4 is 0 Å². The molecule has 1 unspecified atom stereocenters.